The average Bonchev–Trinajstić information content (AvgIpc) is 1.57. The molecule has 0 aliphatic rings. The molecule has 20 rings (SSSR count). The molecule has 100 heavy (non-hydrogen) atoms. The van der Waals surface area contributed by atoms with Crippen molar-refractivity contribution in [2.45, 2.75) is 7.43 Å². The van der Waals surface area contributed by atoms with Crippen molar-refractivity contribution < 1.29 is 8.83 Å². The van der Waals surface area contributed by atoms with E-state index in [9.17, 15) is 0 Å². The van der Waals surface area contributed by atoms with Crippen molar-refractivity contribution in [2.75, 3.05) is 15.1 Å². The van der Waals surface area contributed by atoms with Gasteiger partial charge in [-0.2, -0.15) is 0 Å². The minimum Gasteiger partial charge on any atom is -0.439 e. The van der Waals surface area contributed by atoms with Gasteiger partial charge in [-0.15, -0.1) is 22.7 Å². The zero-order valence-electron chi connectivity index (χ0n) is 53.6. The molecular weight excluding hydrogens is 1440 g/mol. The Morgan fingerprint density at radius 3 is 1.34 bits per heavy atom. The van der Waals surface area contributed by atoms with Crippen molar-refractivity contribution >= 4 is 196 Å². The van der Waals surface area contributed by atoms with Gasteiger partial charge in [0.25, 0.3) is 0 Å². The van der Waals surface area contributed by atoms with Gasteiger partial charge in [0.05, 0.1) is 54.0 Å². The number of alkyl halides is 1. The van der Waals surface area contributed by atoms with Gasteiger partial charge in [0.15, 0.2) is 0 Å². The molecule has 0 bridgehead atoms. The predicted octanol–water partition coefficient (Wildman–Crippen LogP) is 28.5. The fourth-order valence-corrected chi connectivity index (χ4v) is 16.6. The second-order valence-electron chi connectivity index (χ2n) is 24.1. The number of aromatic nitrogens is 2. The first kappa shape index (κ1) is 63.7. The molecule has 6 aromatic heterocycles. The summed E-state index contributed by atoms with van der Waals surface area (Å²) in [6.45, 7) is 0. The molecule has 1 N–H and O–H groups in total. The Balaban J connectivity index is 0.000000131. The van der Waals surface area contributed by atoms with Crippen LogP contribution in [0.4, 0.5) is 28.4 Å². The molecule has 14 aromatic carbocycles. The van der Waals surface area contributed by atoms with Gasteiger partial charge in [0, 0.05) is 74.0 Å². The Bertz CT molecular complexity index is 6330. The summed E-state index contributed by atoms with van der Waals surface area (Å²) in [6.07, 6.45) is 0. The monoisotopic (exact) mass is 1500 g/mol. The van der Waals surface area contributed by atoms with Crippen LogP contribution in [0.3, 0.4) is 0 Å². The van der Waals surface area contributed by atoms with Crippen molar-refractivity contribution in [3.05, 3.63) is 344 Å². The molecule has 0 spiro atoms. The summed E-state index contributed by atoms with van der Waals surface area (Å²) in [7, 11) is 0. The van der Waals surface area contributed by atoms with E-state index < -0.39 is 0 Å². The third-order valence-corrected chi connectivity index (χ3v) is 21.3. The Kier molecular flexibility index (Phi) is 17.7. The molecule has 0 atom stereocenters. The fraction of sp³-hybridized carbons (Fsp3) is 0.0222. The second kappa shape index (κ2) is 27.7. The Morgan fingerprint density at radius 1 is 0.350 bits per heavy atom. The molecule has 482 valence electrons. The van der Waals surface area contributed by atoms with Crippen LogP contribution in [0.2, 0.25) is 0 Å². The third-order valence-electron chi connectivity index (χ3n) is 18.3. The molecule has 20 aromatic rings. The highest BCUT2D eigenvalue weighted by molar-refractivity contribution is 14.1. The molecule has 0 radical (unpaired) electrons. The highest BCUT2D eigenvalue weighted by Gasteiger charge is 2.24. The number of benzene rings is 14. The summed E-state index contributed by atoms with van der Waals surface area (Å²) < 4.78 is 23.8. The van der Waals surface area contributed by atoms with Crippen LogP contribution < -0.4 is 10.2 Å². The first-order chi connectivity index (χ1) is 49.0. The van der Waals surface area contributed by atoms with Crippen LogP contribution in [0, 0.1) is 0 Å². The van der Waals surface area contributed by atoms with E-state index in [1.165, 1.54) is 73.4 Å². The van der Waals surface area contributed by atoms with Crippen molar-refractivity contribution in [1.82, 2.24) is 9.13 Å². The van der Waals surface area contributed by atoms with Crippen LogP contribution >= 0.6 is 61.2 Å². The van der Waals surface area contributed by atoms with Crippen LogP contribution in [-0.4, -0.2) is 14.1 Å². The molecular formula is C90H64BrIN4O2S2. The van der Waals surface area contributed by atoms with Gasteiger partial charge >= 0.3 is 0 Å². The second-order valence-corrected chi connectivity index (χ2v) is 27.1. The van der Waals surface area contributed by atoms with Gasteiger partial charge in [-0.25, -0.2) is 0 Å². The van der Waals surface area contributed by atoms with Gasteiger partial charge < -0.3 is 19.1 Å². The van der Waals surface area contributed by atoms with Crippen LogP contribution in [0.15, 0.2) is 353 Å². The number of rotatable bonds is 9. The van der Waals surface area contributed by atoms with Gasteiger partial charge in [-0.05, 0) is 136 Å². The van der Waals surface area contributed by atoms with E-state index >= 15 is 0 Å². The van der Waals surface area contributed by atoms with Gasteiger partial charge in [0.2, 0.25) is 11.4 Å². The highest BCUT2D eigenvalue weighted by atomic mass is 127. The summed E-state index contributed by atoms with van der Waals surface area (Å²) >= 11 is 9.25. The van der Waals surface area contributed by atoms with Gasteiger partial charge in [-0.3, -0.25) is 9.13 Å². The third kappa shape index (κ3) is 11.7. The number of thiophene rings is 2. The molecule has 0 saturated carbocycles. The fourth-order valence-electron chi connectivity index (χ4n) is 13.9. The first-order valence-corrected chi connectivity index (χ1v) is 37.4. The van der Waals surface area contributed by atoms with E-state index in [0.29, 0.717) is 0 Å². The number of hydrogen-bond donors (Lipinski definition) is 1. The average molecular weight is 1500 g/mol. The number of nitrogens with zero attached hydrogens (tertiary/aromatic N) is 3. The minimum atomic E-state index is 0. The topological polar surface area (TPSA) is 51.4 Å². The standard InChI is InChI=1S/C44H28N2OS.C32H20N2OS.C12H9Br.CH3I.CH4/c1-2-12-29(13-3-1)30-24-26-31(27-25-30)45(39-21-11-19-35-34-16-6-9-23-41(34)48-43(35)39)32-14-10-15-33(28-32)46-38-20-7-4-17-36(38)42-37-18-5-8-22-40(37)47-44(42)46;1-4-16-27-24(12-1)30-25-13-2-5-17-28(25)35-32(30)34(27)21-10-7-9-20(19-21)33-26-15-8-14-23-22-11-3-6-18-29(22)36-31(23)26;13-12-8-6-11(7-9-12)10-4-2-1-3-5-10;1-2;/h1-28H;1-19,33H;1-9H;1H3;1H4. The lowest BCUT2D eigenvalue weighted by molar-refractivity contribution is 0.645. The largest absolute Gasteiger partial charge is 0.439 e. The van der Waals surface area contributed by atoms with Crippen molar-refractivity contribution in [3.8, 4) is 33.6 Å². The lowest BCUT2D eigenvalue weighted by Crippen LogP contribution is -2.10. The Hall–Kier alpha value is -11.0. The molecule has 10 heteroatoms. The maximum atomic E-state index is 6.59. The van der Waals surface area contributed by atoms with Crippen LogP contribution in [-0.2, 0) is 0 Å². The number of fused-ring (bicyclic) bond motifs is 16. The van der Waals surface area contributed by atoms with Gasteiger partial charge in [-0.1, -0.05) is 276 Å². The summed E-state index contributed by atoms with van der Waals surface area (Å²) in [5.41, 5.74) is 18.3. The number of nitrogens with one attached hydrogen (secondary N) is 1. The lowest BCUT2D eigenvalue weighted by Gasteiger charge is -2.27. The molecule has 0 aliphatic heterocycles. The summed E-state index contributed by atoms with van der Waals surface area (Å²) in [5.74, 6) is 0. The number of halogens is 2. The van der Waals surface area contributed by atoms with Crippen LogP contribution in [0.1, 0.15) is 7.43 Å². The van der Waals surface area contributed by atoms with E-state index in [1.807, 2.05) is 51.9 Å². The number of para-hydroxylation sites is 4. The zero-order valence-corrected chi connectivity index (χ0v) is 58.9. The van der Waals surface area contributed by atoms with E-state index in [-0.39, 0.29) is 7.43 Å². The summed E-state index contributed by atoms with van der Waals surface area (Å²) in [5, 5.41) is 15.8. The smallest absolute Gasteiger partial charge is 0.213 e. The highest BCUT2D eigenvalue weighted by Crippen LogP contribution is 2.48. The van der Waals surface area contributed by atoms with E-state index in [1.54, 1.807) is 0 Å². The van der Waals surface area contributed by atoms with E-state index in [4.69, 9.17) is 8.83 Å². The van der Waals surface area contributed by atoms with Crippen LogP contribution in [0.5, 0.6) is 0 Å². The Morgan fingerprint density at radius 2 is 0.770 bits per heavy atom. The zero-order chi connectivity index (χ0) is 66.3. The lowest BCUT2D eigenvalue weighted by atomic mass is 10.0. The number of furan rings is 2. The molecule has 0 amide bonds. The number of anilines is 5. The molecule has 6 heterocycles. The number of hydrogen-bond acceptors (Lipinski definition) is 6. The maximum Gasteiger partial charge on any atom is 0.213 e. The van der Waals surface area contributed by atoms with Crippen molar-refractivity contribution in [1.29, 1.82) is 0 Å². The first-order valence-electron chi connectivity index (χ1n) is 32.8. The quantitative estimate of drug-likeness (QED) is 0.116. The molecule has 0 saturated heterocycles. The predicted molar refractivity (Wildman–Crippen MR) is 443 cm³/mol. The summed E-state index contributed by atoms with van der Waals surface area (Å²) in [4.78, 5) is 4.37. The molecule has 0 unspecified atom stereocenters. The van der Waals surface area contributed by atoms with Crippen molar-refractivity contribution in [3.63, 3.8) is 0 Å². The Labute approximate surface area is 609 Å². The van der Waals surface area contributed by atoms with Gasteiger partial charge in [0.1, 0.15) is 11.2 Å². The maximum absolute atomic E-state index is 6.59. The molecule has 6 nitrogen and oxygen atoms in total. The van der Waals surface area contributed by atoms with Crippen molar-refractivity contribution in [2.24, 2.45) is 0 Å². The van der Waals surface area contributed by atoms with E-state index in [2.05, 4.69) is 373 Å². The molecule has 0 aliphatic carbocycles. The normalized spacial score (nSPS) is 11.3. The van der Waals surface area contributed by atoms with E-state index in [0.717, 1.165) is 99.5 Å². The molecule has 0 fully saturated rings. The SMILES string of the molecule is Brc1ccc(-c2ccccc2)cc1.C.CI.c1cc(Nc2cccc3c2sc2ccccc23)cc(-n2c3ccccc3c3c4ccccc4oc32)c1.c1ccc(-c2ccc(N(c3cccc(-n4c5ccccc5c5c6ccccc6oc54)c3)c3cccc4c3sc3ccccc34)cc2)cc1. The summed E-state index contributed by atoms with van der Waals surface area (Å²) in [6, 6.07) is 120. The minimum absolute atomic E-state index is 0. The van der Waals surface area contributed by atoms with Crippen LogP contribution in [0.25, 0.3) is 140 Å².